The molecule has 1 fully saturated rings. The summed E-state index contributed by atoms with van der Waals surface area (Å²) in [5, 5.41) is 0. The van der Waals surface area contributed by atoms with E-state index >= 15 is 0 Å². The van der Waals surface area contributed by atoms with Gasteiger partial charge in [-0.05, 0) is 25.5 Å². The number of rotatable bonds is 3. The molecule has 1 aliphatic rings. The van der Waals surface area contributed by atoms with Crippen LogP contribution in [0, 0.1) is 0 Å². The normalized spacial score (nSPS) is 22.5. The van der Waals surface area contributed by atoms with Crippen molar-refractivity contribution in [3.05, 3.63) is 24.0 Å². The molecule has 1 aromatic rings. The Labute approximate surface area is 103 Å². The van der Waals surface area contributed by atoms with Crippen LogP contribution >= 0.6 is 0 Å². The van der Waals surface area contributed by atoms with Crippen LogP contribution in [-0.4, -0.2) is 30.8 Å². The lowest BCUT2D eigenvalue weighted by Gasteiger charge is -2.35. The standard InChI is InChI=1S/C13H21N3O/c1-3-12(14)13-5-4-11(8-15-13)16-6-7-17-9-10(16)2/h4-5,8,10,12H,3,6-7,9,14H2,1-2H3. The molecule has 94 valence electrons. The molecule has 4 heteroatoms. The van der Waals surface area contributed by atoms with Gasteiger partial charge in [-0.3, -0.25) is 4.98 Å². The number of aromatic nitrogens is 1. The third-order valence-corrected chi connectivity index (χ3v) is 3.29. The van der Waals surface area contributed by atoms with Crippen LogP contribution in [0.25, 0.3) is 0 Å². The Balaban J connectivity index is 2.11. The first-order chi connectivity index (χ1) is 8.22. The van der Waals surface area contributed by atoms with Crippen molar-refractivity contribution in [3.8, 4) is 0 Å². The van der Waals surface area contributed by atoms with E-state index in [9.17, 15) is 0 Å². The van der Waals surface area contributed by atoms with E-state index in [0.717, 1.165) is 37.6 Å². The van der Waals surface area contributed by atoms with Gasteiger partial charge in [-0.2, -0.15) is 0 Å². The molecule has 1 aliphatic heterocycles. The third kappa shape index (κ3) is 2.76. The molecule has 2 heterocycles. The Morgan fingerprint density at radius 2 is 2.41 bits per heavy atom. The SMILES string of the molecule is CCC(N)c1ccc(N2CCOCC2C)cn1. The van der Waals surface area contributed by atoms with Crippen molar-refractivity contribution in [2.24, 2.45) is 5.73 Å². The van der Waals surface area contributed by atoms with Crippen LogP contribution in [0.2, 0.25) is 0 Å². The average molecular weight is 235 g/mol. The molecule has 2 rings (SSSR count). The van der Waals surface area contributed by atoms with Gasteiger partial charge in [-0.1, -0.05) is 6.92 Å². The van der Waals surface area contributed by atoms with Gasteiger partial charge in [0.2, 0.25) is 0 Å². The molecule has 2 N–H and O–H groups in total. The summed E-state index contributed by atoms with van der Waals surface area (Å²) in [6.07, 6.45) is 2.84. The Morgan fingerprint density at radius 1 is 1.59 bits per heavy atom. The van der Waals surface area contributed by atoms with Crippen molar-refractivity contribution >= 4 is 5.69 Å². The Morgan fingerprint density at radius 3 is 3.00 bits per heavy atom. The van der Waals surface area contributed by atoms with E-state index in [4.69, 9.17) is 10.5 Å². The predicted molar refractivity (Wildman–Crippen MR) is 69.1 cm³/mol. The quantitative estimate of drug-likeness (QED) is 0.866. The highest BCUT2D eigenvalue weighted by Crippen LogP contribution is 2.20. The van der Waals surface area contributed by atoms with Crippen LogP contribution in [0.4, 0.5) is 5.69 Å². The molecule has 0 aliphatic carbocycles. The van der Waals surface area contributed by atoms with Gasteiger partial charge < -0.3 is 15.4 Å². The largest absolute Gasteiger partial charge is 0.377 e. The maximum absolute atomic E-state index is 5.95. The summed E-state index contributed by atoms with van der Waals surface area (Å²) in [5.74, 6) is 0. The first-order valence-electron chi connectivity index (χ1n) is 6.28. The molecule has 2 atom stereocenters. The van der Waals surface area contributed by atoms with E-state index in [1.54, 1.807) is 0 Å². The molecule has 0 spiro atoms. The number of ether oxygens (including phenoxy) is 1. The first-order valence-corrected chi connectivity index (χ1v) is 6.28. The van der Waals surface area contributed by atoms with E-state index < -0.39 is 0 Å². The third-order valence-electron chi connectivity index (χ3n) is 3.29. The topological polar surface area (TPSA) is 51.4 Å². The maximum Gasteiger partial charge on any atom is 0.0668 e. The van der Waals surface area contributed by atoms with Gasteiger partial charge in [0.25, 0.3) is 0 Å². The second-order valence-corrected chi connectivity index (χ2v) is 4.57. The zero-order valence-corrected chi connectivity index (χ0v) is 10.6. The molecule has 0 amide bonds. The van der Waals surface area contributed by atoms with Crippen LogP contribution in [0.3, 0.4) is 0 Å². The van der Waals surface area contributed by atoms with Crippen LogP contribution in [0.15, 0.2) is 18.3 Å². The molecule has 0 radical (unpaired) electrons. The minimum absolute atomic E-state index is 0.0474. The number of hydrogen-bond acceptors (Lipinski definition) is 4. The second kappa shape index (κ2) is 5.47. The zero-order valence-electron chi connectivity index (χ0n) is 10.6. The lowest BCUT2D eigenvalue weighted by Crippen LogP contribution is -2.43. The van der Waals surface area contributed by atoms with Gasteiger partial charge in [0, 0.05) is 18.6 Å². The number of anilines is 1. The summed E-state index contributed by atoms with van der Waals surface area (Å²) in [6.45, 7) is 6.76. The fourth-order valence-electron chi connectivity index (χ4n) is 2.11. The molecule has 0 aromatic carbocycles. The highest BCUT2D eigenvalue weighted by molar-refractivity contribution is 5.46. The first kappa shape index (κ1) is 12.3. The second-order valence-electron chi connectivity index (χ2n) is 4.57. The van der Waals surface area contributed by atoms with Crippen molar-refractivity contribution < 1.29 is 4.74 Å². The van der Waals surface area contributed by atoms with Gasteiger partial charge >= 0.3 is 0 Å². The Bertz CT molecular complexity index is 352. The van der Waals surface area contributed by atoms with Crippen LogP contribution < -0.4 is 10.6 Å². The summed E-state index contributed by atoms with van der Waals surface area (Å²) >= 11 is 0. The number of nitrogens with two attached hydrogens (primary N) is 1. The summed E-state index contributed by atoms with van der Waals surface area (Å²) in [4.78, 5) is 6.78. The summed E-state index contributed by atoms with van der Waals surface area (Å²) in [5.41, 5.74) is 8.08. The van der Waals surface area contributed by atoms with E-state index in [0.29, 0.717) is 6.04 Å². The smallest absolute Gasteiger partial charge is 0.0668 e. The van der Waals surface area contributed by atoms with Crippen molar-refractivity contribution in [3.63, 3.8) is 0 Å². The van der Waals surface area contributed by atoms with Gasteiger partial charge in [0.1, 0.15) is 0 Å². The monoisotopic (exact) mass is 235 g/mol. The highest BCUT2D eigenvalue weighted by Gasteiger charge is 2.19. The fraction of sp³-hybridized carbons (Fsp3) is 0.615. The minimum atomic E-state index is 0.0474. The molecule has 2 unspecified atom stereocenters. The van der Waals surface area contributed by atoms with Crippen molar-refractivity contribution in [1.82, 2.24) is 4.98 Å². The molecule has 0 saturated carbocycles. The molecule has 1 aromatic heterocycles. The number of morpholine rings is 1. The molecule has 0 bridgehead atoms. The van der Waals surface area contributed by atoms with Crippen molar-refractivity contribution in [1.29, 1.82) is 0 Å². The van der Waals surface area contributed by atoms with Crippen LogP contribution in [0.5, 0.6) is 0 Å². The fourth-order valence-corrected chi connectivity index (χ4v) is 2.11. The number of hydrogen-bond donors (Lipinski definition) is 1. The predicted octanol–water partition coefficient (Wildman–Crippen LogP) is 1.72. The summed E-state index contributed by atoms with van der Waals surface area (Å²) < 4.78 is 5.43. The number of nitrogens with zero attached hydrogens (tertiary/aromatic N) is 2. The van der Waals surface area contributed by atoms with Gasteiger partial charge in [-0.15, -0.1) is 0 Å². The van der Waals surface area contributed by atoms with E-state index in [1.165, 1.54) is 0 Å². The molecule has 1 saturated heterocycles. The lowest BCUT2D eigenvalue weighted by atomic mass is 10.1. The molecule has 17 heavy (non-hydrogen) atoms. The van der Waals surface area contributed by atoms with Gasteiger partial charge in [0.05, 0.1) is 30.8 Å². The molecular weight excluding hydrogens is 214 g/mol. The summed E-state index contributed by atoms with van der Waals surface area (Å²) in [6, 6.07) is 4.60. The minimum Gasteiger partial charge on any atom is -0.377 e. The van der Waals surface area contributed by atoms with E-state index in [1.807, 2.05) is 12.3 Å². The zero-order chi connectivity index (χ0) is 12.3. The Kier molecular flexibility index (Phi) is 3.97. The van der Waals surface area contributed by atoms with Gasteiger partial charge in [0.15, 0.2) is 0 Å². The number of pyridine rings is 1. The molecular formula is C13H21N3O. The van der Waals surface area contributed by atoms with Crippen molar-refractivity contribution in [2.45, 2.75) is 32.4 Å². The van der Waals surface area contributed by atoms with Gasteiger partial charge in [-0.25, -0.2) is 0 Å². The van der Waals surface area contributed by atoms with Crippen molar-refractivity contribution in [2.75, 3.05) is 24.7 Å². The molecule has 4 nitrogen and oxygen atoms in total. The average Bonchev–Trinajstić information content (AvgIpc) is 2.39. The van der Waals surface area contributed by atoms with E-state index in [2.05, 4.69) is 29.8 Å². The maximum atomic E-state index is 5.95. The highest BCUT2D eigenvalue weighted by atomic mass is 16.5. The van der Waals surface area contributed by atoms with Crippen LogP contribution in [0.1, 0.15) is 32.0 Å². The summed E-state index contributed by atoms with van der Waals surface area (Å²) in [7, 11) is 0. The van der Waals surface area contributed by atoms with Crippen LogP contribution in [-0.2, 0) is 4.74 Å². The lowest BCUT2D eigenvalue weighted by molar-refractivity contribution is 0.0989. The van der Waals surface area contributed by atoms with E-state index in [-0.39, 0.29) is 6.04 Å². The Hall–Kier alpha value is -1.13.